The average molecular weight is 429 g/mol. The maximum Gasteiger partial charge on any atom is 0.414 e. The van der Waals surface area contributed by atoms with E-state index in [1.165, 1.54) is 12.1 Å². The molecule has 0 atom stereocenters. The maximum atomic E-state index is 12.9. The molecule has 0 unspecified atom stereocenters. The van der Waals surface area contributed by atoms with E-state index >= 15 is 0 Å². The minimum absolute atomic E-state index is 0.0790. The number of hydrogen-bond acceptors (Lipinski definition) is 5. The van der Waals surface area contributed by atoms with E-state index in [0.717, 1.165) is 19.6 Å². The first-order valence-corrected chi connectivity index (χ1v) is 9.73. The van der Waals surface area contributed by atoms with Crippen LogP contribution in [0.1, 0.15) is 27.7 Å². The molecule has 0 saturated heterocycles. The average Bonchev–Trinajstić information content (AvgIpc) is 2.70. The van der Waals surface area contributed by atoms with Gasteiger partial charge in [-0.2, -0.15) is 0 Å². The number of ether oxygens (including phenoxy) is 1. The van der Waals surface area contributed by atoms with Gasteiger partial charge in [-0.1, -0.05) is 13.8 Å². The van der Waals surface area contributed by atoms with Gasteiger partial charge in [0, 0.05) is 19.1 Å². The Balaban J connectivity index is 0.00000122. The molecule has 1 rings (SSSR count). The van der Waals surface area contributed by atoms with E-state index in [1.807, 2.05) is 13.8 Å². The van der Waals surface area contributed by atoms with Gasteiger partial charge in [0.05, 0.1) is 6.54 Å². The van der Waals surface area contributed by atoms with E-state index in [9.17, 15) is 9.18 Å². The van der Waals surface area contributed by atoms with Crippen molar-refractivity contribution in [2.75, 3.05) is 39.3 Å². The number of aliphatic carboxylic acids is 2. The predicted molar refractivity (Wildman–Crippen MR) is 110 cm³/mol. The summed E-state index contributed by atoms with van der Waals surface area (Å²) in [5, 5.41) is 17.7. The number of carbonyl (C=O) groups excluding carboxylic acids is 1. The Hall–Kier alpha value is -2.88. The topological polar surface area (TPSA) is 119 Å². The summed E-state index contributed by atoms with van der Waals surface area (Å²) in [4.78, 5) is 34.5. The SMILES string of the molecule is CCN(CC)CCNC(=O)N(CCOc1ccc(F)cc1)C(C)C.O=C(O)C(=O)O. The number of halogens is 1. The molecule has 3 N–H and O–H groups in total. The Morgan fingerprint density at radius 1 is 1.03 bits per heavy atom. The summed E-state index contributed by atoms with van der Waals surface area (Å²) in [6.45, 7) is 12.4. The van der Waals surface area contributed by atoms with Crippen LogP contribution in [0.4, 0.5) is 9.18 Å². The van der Waals surface area contributed by atoms with Crippen molar-refractivity contribution < 1.29 is 33.7 Å². The smallest absolute Gasteiger partial charge is 0.414 e. The summed E-state index contributed by atoms with van der Waals surface area (Å²) in [5.41, 5.74) is 0. The Kier molecular flexibility index (Phi) is 13.6. The molecule has 10 heteroatoms. The van der Waals surface area contributed by atoms with Crippen LogP contribution in [0.25, 0.3) is 0 Å². The minimum atomic E-state index is -1.82. The van der Waals surface area contributed by atoms with Crippen molar-refractivity contribution >= 4 is 18.0 Å². The molecule has 1 aromatic rings. The fourth-order valence-corrected chi connectivity index (χ4v) is 2.35. The highest BCUT2D eigenvalue weighted by molar-refractivity contribution is 6.27. The highest BCUT2D eigenvalue weighted by atomic mass is 19.1. The lowest BCUT2D eigenvalue weighted by molar-refractivity contribution is -0.159. The van der Waals surface area contributed by atoms with Gasteiger partial charge in [-0.15, -0.1) is 0 Å². The molecular formula is C20H32FN3O6. The zero-order chi connectivity index (χ0) is 23.1. The van der Waals surface area contributed by atoms with Crippen molar-refractivity contribution in [1.82, 2.24) is 15.1 Å². The van der Waals surface area contributed by atoms with Crippen molar-refractivity contribution in [2.24, 2.45) is 0 Å². The molecule has 0 aromatic heterocycles. The van der Waals surface area contributed by atoms with E-state index in [2.05, 4.69) is 24.1 Å². The molecule has 30 heavy (non-hydrogen) atoms. The Morgan fingerprint density at radius 2 is 1.57 bits per heavy atom. The van der Waals surface area contributed by atoms with Crippen LogP contribution in [0.3, 0.4) is 0 Å². The first-order chi connectivity index (χ1) is 14.1. The summed E-state index contributed by atoms with van der Waals surface area (Å²) in [7, 11) is 0. The number of urea groups is 1. The van der Waals surface area contributed by atoms with Crippen LogP contribution in [-0.2, 0) is 9.59 Å². The number of rotatable bonds is 10. The molecule has 0 aliphatic carbocycles. The fourth-order valence-electron chi connectivity index (χ4n) is 2.35. The Bertz CT molecular complexity index is 638. The zero-order valence-corrected chi connectivity index (χ0v) is 17.9. The number of hydrogen-bond donors (Lipinski definition) is 3. The summed E-state index contributed by atoms with van der Waals surface area (Å²) in [6.07, 6.45) is 0. The van der Waals surface area contributed by atoms with Crippen molar-refractivity contribution in [2.45, 2.75) is 33.7 Å². The molecule has 0 spiro atoms. The largest absolute Gasteiger partial charge is 0.492 e. The standard InChI is InChI=1S/C18H30FN3O2.C2H2O4/c1-5-21(6-2)12-11-20-18(23)22(15(3)4)13-14-24-17-9-7-16(19)8-10-17;3-1(4)2(5)6/h7-10,15H,5-6,11-14H2,1-4H3,(H,20,23);(H,3,4)(H,5,6). The molecule has 2 amide bonds. The van der Waals surface area contributed by atoms with Crippen LogP contribution in [0, 0.1) is 5.82 Å². The van der Waals surface area contributed by atoms with Gasteiger partial charge in [0.15, 0.2) is 0 Å². The lowest BCUT2D eigenvalue weighted by Crippen LogP contribution is -2.47. The van der Waals surface area contributed by atoms with Crippen LogP contribution in [-0.4, -0.2) is 83.4 Å². The second-order valence-corrected chi connectivity index (χ2v) is 6.46. The number of nitrogens with zero attached hydrogens (tertiary/aromatic N) is 2. The van der Waals surface area contributed by atoms with Crippen LogP contribution < -0.4 is 10.1 Å². The van der Waals surface area contributed by atoms with Gasteiger partial charge in [-0.05, 0) is 51.2 Å². The van der Waals surface area contributed by atoms with Gasteiger partial charge in [0.2, 0.25) is 0 Å². The maximum absolute atomic E-state index is 12.9. The van der Waals surface area contributed by atoms with Crippen LogP contribution in [0.15, 0.2) is 24.3 Å². The third kappa shape index (κ3) is 11.8. The van der Waals surface area contributed by atoms with E-state index in [1.54, 1.807) is 17.0 Å². The van der Waals surface area contributed by atoms with E-state index in [4.69, 9.17) is 24.5 Å². The summed E-state index contributed by atoms with van der Waals surface area (Å²) >= 11 is 0. The molecule has 170 valence electrons. The van der Waals surface area contributed by atoms with Crippen molar-refractivity contribution in [3.8, 4) is 5.75 Å². The zero-order valence-electron chi connectivity index (χ0n) is 17.9. The highest BCUT2D eigenvalue weighted by Gasteiger charge is 2.16. The van der Waals surface area contributed by atoms with Gasteiger partial charge in [0.25, 0.3) is 0 Å². The van der Waals surface area contributed by atoms with Gasteiger partial charge in [-0.3, -0.25) is 0 Å². The Labute approximate surface area is 176 Å². The first kappa shape index (κ1) is 27.1. The van der Waals surface area contributed by atoms with Crippen molar-refractivity contribution in [1.29, 1.82) is 0 Å². The molecule has 0 aliphatic rings. The summed E-state index contributed by atoms with van der Waals surface area (Å²) in [6, 6.07) is 5.87. The molecule has 1 aromatic carbocycles. The number of carboxylic acids is 2. The lowest BCUT2D eigenvalue weighted by Gasteiger charge is -2.27. The highest BCUT2D eigenvalue weighted by Crippen LogP contribution is 2.11. The van der Waals surface area contributed by atoms with Gasteiger partial charge < -0.3 is 30.1 Å². The number of benzene rings is 1. The predicted octanol–water partition coefficient (Wildman–Crippen LogP) is 2.12. The molecule has 0 radical (unpaired) electrons. The molecule has 9 nitrogen and oxygen atoms in total. The van der Waals surface area contributed by atoms with Crippen molar-refractivity contribution in [3.63, 3.8) is 0 Å². The second kappa shape index (κ2) is 15.0. The summed E-state index contributed by atoms with van der Waals surface area (Å²) in [5.74, 6) is -3.34. The number of likely N-dealkylation sites (N-methyl/N-ethyl adjacent to an activating group) is 1. The second-order valence-electron chi connectivity index (χ2n) is 6.46. The van der Waals surface area contributed by atoms with Crippen LogP contribution in [0.5, 0.6) is 5.75 Å². The van der Waals surface area contributed by atoms with Crippen LogP contribution in [0.2, 0.25) is 0 Å². The van der Waals surface area contributed by atoms with E-state index in [0.29, 0.717) is 25.4 Å². The van der Waals surface area contributed by atoms with Gasteiger partial charge >= 0.3 is 18.0 Å². The Morgan fingerprint density at radius 3 is 2.00 bits per heavy atom. The number of nitrogens with one attached hydrogen (secondary N) is 1. The molecule has 0 fully saturated rings. The number of carboxylic acid groups (broad SMARTS) is 2. The normalized spacial score (nSPS) is 10.2. The minimum Gasteiger partial charge on any atom is -0.492 e. The van der Waals surface area contributed by atoms with Gasteiger partial charge in [0.1, 0.15) is 18.2 Å². The fraction of sp³-hybridized carbons (Fsp3) is 0.550. The third-order valence-corrected chi connectivity index (χ3v) is 4.08. The first-order valence-electron chi connectivity index (χ1n) is 9.73. The summed E-state index contributed by atoms with van der Waals surface area (Å²) < 4.78 is 18.4. The van der Waals surface area contributed by atoms with E-state index < -0.39 is 11.9 Å². The quantitative estimate of drug-likeness (QED) is 0.487. The molecule has 0 saturated carbocycles. The molecule has 0 aliphatic heterocycles. The van der Waals surface area contributed by atoms with Crippen LogP contribution >= 0.6 is 0 Å². The number of amides is 2. The monoisotopic (exact) mass is 429 g/mol. The molecular weight excluding hydrogens is 397 g/mol. The third-order valence-electron chi connectivity index (χ3n) is 4.08. The lowest BCUT2D eigenvalue weighted by atomic mass is 10.3. The number of carbonyl (C=O) groups is 3. The van der Waals surface area contributed by atoms with Crippen molar-refractivity contribution in [3.05, 3.63) is 30.1 Å². The molecule has 0 bridgehead atoms. The van der Waals surface area contributed by atoms with Gasteiger partial charge in [-0.25, -0.2) is 18.8 Å². The molecule has 0 heterocycles. The van der Waals surface area contributed by atoms with E-state index in [-0.39, 0.29) is 17.9 Å².